The molecule has 0 aromatic heterocycles. The minimum absolute atomic E-state index is 0.344. The lowest BCUT2D eigenvalue weighted by Crippen LogP contribution is -2.66. The molecule has 30 atom stereocenters. The Balaban J connectivity index is 1.11. The summed E-state index contributed by atoms with van der Waals surface area (Å²) in [5.74, 6) is -0.653. The van der Waals surface area contributed by atoms with E-state index in [1.807, 2.05) is 30.3 Å². The third-order valence-corrected chi connectivity index (χ3v) is 27.0. The van der Waals surface area contributed by atoms with Crippen LogP contribution in [-0.2, 0) is 57.0 Å². The molecule has 0 unspecified atom stereocenters. The zero-order valence-electron chi connectivity index (χ0n) is 52.0. The summed E-state index contributed by atoms with van der Waals surface area (Å²) in [4.78, 5) is 38.2. The third-order valence-electron chi connectivity index (χ3n) is 17.7. The van der Waals surface area contributed by atoms with Gasteiger partial charge in [0.2, 0.25) is 17.7 Å². The van der Waals surface area contributed by atoms with Crippen molar-refractivity contribution < 1.29 is 149 Å². The lowest BCUT2D eigenvalue weighted by molar-refractivity contribution is -0.333. The van der Waals surface area contributed by atoms with Crippen LogP contribution in [0.25, 0.3) is 0 Å². The lowest BCUT2D eigenvalue weighted by Gasteiger charge is -2.47. The van der Waals surface area contributed by atoms with Crippen molar-refractivity contribution in [1.82, 2.24) is 16.0 Å². The number of hydrogen-bond donors (Lipinski definition) is 21. The quantitative estimate of drug-likeness (QED) is 0.0242. The molecule has 0 bridgehead atoms. The fourth-order valence-corrected chi connectivity index (χ4v) is 22.2. The van der Waals surface area contributed by atoms with Crippen molar-refractivity contribution in [2.75, 3.05) is 56.9 Å². The summed E-state index contributed by atoms with van der Waals surface area (Å²) in [6.45, 7) is -0.855. The molecule has 37 heteroatoms. The zero-order chi connectivity index (χ0) is 68.9. The Morgan fingerprint density at radius 2 is 0.649 bits per heavy atom. The maximum absolute atomic E-state index is 12.7. The van der Waals surface area contributed by atoms with Gasteiger partial charge in [0.25, 0.3) is 0 Å². The molecule has 1 aromatic carbocycles. The van der Waals surface area contributed by atoms with Crippen molar-refractivity contribution in [1.29, 1.82) is 0 Å². The second-order valence-electron chi connectivity index (χ2n) is 24.3. The Labute approximate surface area is 555 Å². The molecule has 6 aliphatic heterocycles. The van der Waals surface area contributed by atoms with E-state index < -0.39 is 247 Å². The molecule has 540 valence electrons. The third kappa shape index (κ3) is 19.3. The largest absolute Gasteiger partial charge is 0.394 e. The molecule has 0 radical (unpaired) electrons. The van der Waals surface area contributed by atoms with Gasteiger partial charge in [0.15, 0.2) is 18.9 Å². The van der Waals surface area contributed by atoms with Gasteiger partial charge in [-0.05, 0) is 36.5 Å². The van der Waals surface area contributed by atoms with E-state index in [0.717, 1.165) is 5.19 Å². The van der Waals surface area contributed by atoms with Gasteiger partial charge in [0.1, 0.15) is 144 Å². The summed E-state index contributed by atoms with van der Waals surface area (Å²) in [5, 5.41) is 201. The summed E-state index contributed by atoms with van der Waals surface area (Å²) in [6, 6.07) is 7.96. The van der Waals surface area contributed by atoms with Gasteiger partial charge in [-0.1, -0.05) is 53.7 Å². The minimum atomic E-state index is -2.83. The van der Waals surface area contributed by atoms with Crippen LogP contribution in [0.3, 0.4) is 0 Å². The number of hydrogen-bond acceptors (Lipinski definition) is 33. The first-order chi connectivity index (χ1) is 44.8. The van der Waals surface area contributed by atoms with Crippen molar-refractivity contribution in [3.8, 4) is 0 Å². The number of carbonyl (C=O) groups is 3. The summed E-state index contributed by atoms with van der Waals surface area (Å²) in [5.41, 5.74) is -3.02. The number of rotatable bonds is 31. The standard InChI is InChI=1S/C57H95N3O30S3Si/c1-24(67)58-34-40(73)49(88-52-46(79)43(76)37(70)28(18-61)82-52)31(21-64)85-55(34)91-12-7-15-94(27-10-5-4-6-11-27,16-8-13-92-56-35(59-25(2)68)41(74)50(32(22-65)86-56)89-53-47(80)44(77)38(71)29(19-62)83-53)17-9-14-93-57-36(60-26(3)69)42(75)51(33(23-66)87-57)90-54-48(81)45(78)39(72)30(20-63)84-54/h4-6,10-11,28-57,61-66,70-81H,7-9,12-23H2,1-3H3,(H,58,67)(H,59,68)(H,60,69)/t28-,29-,30-,31-,32-,33-,34-,35-,36-,37+,38+,39+,40-,41-,42-,43+,44+,45+,46-,47-,48-,49-,50-,51-,52+,53+,54+,55+,56+,57+/m1/s1. The molecule has 1 aromatic rings. The van der Waals surface area contributed by atoms with Crippen molar-refractivity contribution >= 4 is 66.3 Å². The summed E-state index contributed by atoms with van der Waals surface area (Å²) >= 11 is 3.70. The monoisotopic (exact) mass is 1430 g/mol. The van der Waals surface area contributed by atoms with Crippen molar-refractivity contribution in [3.63, 3.8) is 0 Å². The Hall–Kier alpha value is -2.18. The predicted molar refractivity (Wildman–Crippen MR) is 331 cm³/mol. The topological polar surface area (TPSA) is 535 Å². The number of nitrogens with one attached hydrogen (secondary N) is 3. The first-order valence-electron chi connectivity index (χ1n) is 31.2. The number of aliphatic hydroxyl groups is 18. The maximum atomic E-state index is 12.7. The van der Waals surface area contributed by atoms with Crippen LogP contribution >= 0.6 is 35.3 Å². The smallest absolute Gasteiger partial charge is 0.217 e. The van der Waals surface area contributed by atoms with Gasteiger partial charge in [-0.25, -0.2) is 0 Å². The number of aliphatic hydroxyl groups excluding tert-OH is 18. The highest BCUT2D eigenvalue weighted by atomic mass is 32.2. The number of carbonyl (C=O) groups excluding carboxylic acids is 3. The molecular weight excluding hydrogens is 1330 g/mol. The zero-order valence-corrected chi connectivity index (χ0v) is 55.4. The summed E-state index contributed by atoms with van der Waals surface area (Å²) in [6.07, 6.45) is -37.2. The maximum Gasteiger partial charge on any atom is 0.217 e. The first-order valence-corrected chi connectivity index (χ1v) is 37.0. The lowest BCUT2D eigenvalue weighted by atomic mass is 9.96. The SMILES string of the molecule is CC(=O)N[C@@H]1[C@@H](O)[C@H](O[C@@H]2O[C@H](CO)[C@H](O)[C@H](O)[C@H]2O)[C@@H](CO)O[C@H]1SCCC[Si](CCCS[C@@H]1O[C@H](CO)[C@@H](O[C@@H]2O[C@H](CO)[C@H](O)[C@H](O)[C@H]2O)[C@H](O)[C@H]1NC(C)=O)(CCCS[C@@H]1O[C@H](CO)[C@@H](O[C@@H]2O[C@H](CO)[C@H](O)[C@H](O)[C@H]2O)[C@H](O)[C@H]1NC(C)=O)c1ccccc1. The molecule has 0 spiro atoms. The second kappa shape index (κ2) is 36.9. The van der Waals surface area contributed by atoms with Gasteiger partial charge in [-0.3, -0.25) is 14.4 Å². The van der Waals surface area contributed by atoms with Gasteiger partial charge in [-0.15, -0.1) is 35.3 Å². The van der Waals surface area contributed by atoms with Gasteiger partial charge < -0.3 is 150 Å². The van der Waals surface area contributed by atoms with Crippen LogP contribution in [0.1, 0.15) is 40.0 Å². The molecule has 6 aliphatic rings. The van der Waals surface area contributed by atoms with Crippen LogP contribution in [0, 0.1) is 0 Å². The molecule has 94 heavy (non-hydrogen) atoms. The Bertz CT molecular complexity index is 2240. The van der Waals surface area contributed by atoms with E-state index in [1.54, 1.807) is 0 Å². The number of ether oxygens (including phenoxy) is 9. The Kier molecular flexibility index (Phi) is 31.1. The molecule has 3 amide bonds. The van der Waals surface area contributed by atoms with Crippen LogP contribution in [0.5, 0.6) is 0 Å². The molecule has 21 N–H and O–H groups in total. The van der Waals surface area contributed by atoms with Gasteiger partial charge in [0.05, 0.1) is 65.8 Å². The van der Waals surface area contributed by atoms with Gasteiger partial charge >= 0.3 is 0 Å². The Morgan fingerprint density at radius 1 is 0.383 bits per heavy atom. The van der Waals surface area contributed by atoms with Crippen molar-refractivity contribution in [2.24, 2.45) is 0 Å². The van der Waals surface area contributed by atoms with Crippen LogP contribution in [-0.4, -0.2) is 356 Å². The van der Waals surface area contributed by atoms with E-state index in [9.17, 15) is 106 Å². The van der Waals surface area contributed by atoms with E-state index in [0.29, 0.717) is 54.7 Å². The van der Waals surface area contributed by atoms with Crippen molar-refractivity contribution in [3.05, 3.63) is 30.3 Å². The van der Waals surface area contributed by atoms with Crippen LogP contribution in [0.2, 0.25) is 18.1 Å². The molecule has 0 aliphatic carbocycles. The molecule has 6 saturated heterocycles. The average molecular weight is 1430 g/mol. The summed E-state index contributed by atoms with van der Waals surface area (Å²) in [7, 11) is -2.83. The highest BCUT2D eigenvalue weighted by Gasteiger charge is 2.55. The highest BCUT2D eigenvalue weighted by molar-refractivity contribution is 8.00. The van der Waals surface area contributed by atoms with E-state index in [2.05, 4.69) is 16.0 Å². The van der Waals surface area contributed by atoms with E-state index >= 15 is 0 Å². The first kappa shape index (κ1) is 79.1. The van der Waals surface area contributed by atoms with E-state index in [1.165, 1.54) is 56.1 Å². The van der Waals surface area contributed by atoms with Crippen LogP contribution in [0.4, 0.5) is 0 Å². The fourth-order valence-electron chi connectivity index (χ4n) is 12.7. The molecular formula is C57H95N3O30S3Si. The number of thioether (sulfide) groups is 3. The second-order valence-corrected chi connectivity index (χ2v) is 32.5. The van der Waals surface area contributed by atoms with E-state index in [-0.39, 0.29) is 0 Å². The minimum Gasteiger partial charge on any atom is -0.394 e. The summed E-state index contributed by atoms with van der Waals surface area (Å²) < 4.78 is 53.2. The van der Waals surface area contributed by atoms with Crippen LogP contribution < -0.4 is 21.1 Å². The van der Waals surface area contributed by atoms with Crippen LogP contribution in [0.15, 0.2) is 30.3 Å². The molecule has 6 heterocycles. The molecule has 6 fully saturated rings. The molecule has 33 nitrogen and oxygen atoms in total. The number of amides is 3. The number of benzene rings is 1. The molecule has 0 saturated carbocycles. The van der Waals surface area contributed by atoms with E-state index in [4.69, 9.17) is 42.6 Å². The fraction of sp³-hybridized carbons (Fsp3) is 0.842. The molecule has 7 rings (SSSR count). The average Bonchev–Trinajstić information content (AvgIpc) is 0.831. The van der Waals surface area contributed by atoms with Gasteiger partial charge in [-0.2, -0.15) is 0 Å². The van der Waals surface area contributed by atoms with Crippen molar-refractivity contribution in [2.45, 2.75) is 240 Å². The van der Waals surface area contributed by atoms with Gasteiger partial charge in [0, 0.05) is 20.8 Å². The highest BCUT2D eigenvalue weighted by Crippen LogP contribution is 2.39. The normalized spacial score (nSPS) is 41.4. The Morgan fingerprint density at radius 3 is 0.894 bits per heavy atom. The predicted octanol–water partition coefficient (Wildman–Crippen LogP) is -8.98.